The van der Waals surface area contributed by atoms with Gasteiger partial charge in [0.1, 0.15) is 5.82 Å². The van der Waals surface area contributed by atoms with Crippen LogP contribution < -0.4 is 5.32 Å². The highest BCUT2D eigenvalue weighted by Gasteiger charge is 2.18. The summed E-state index contributed by atoms with van der Waals surface area (Å²) in [5.74, 6) is -0.626. The SMILES string of the molecule is CN(C)[C@@H](CNC(=O)c1cccc(Cl)c1Cl)c1cccc(F)c1. The predicted octanol–water partition coefficient (Wildman–Crippen LogP) is 4.17. The first-order chi connectivity index (χ1) is 10.9. The predicted molar refractivity (Wildman–Crippen MR) is 91.6 cm³/mol. The number of likely N-dealkylation sites (N-methyl/N-ethyl adjacent to an activating group) is 1. The lowest BCUT2D eigenvalue weighted by Gasteiger charge is -2.25. The third-order valence-corrected chi connectivity index (χ3v) is 4.33. The number of hydrogen-bond acceptors (Lipinski definition) is 2. The standard InChI is InChI=1S/C17H17Cl2FN2O/c1-22(2)15(11-5-3-6-12(20)9-11)10-21-17(23)13-7-4-8-14(18)16(13)19/h3-9,15H,10H2,1-2H3,(H,21,23)/t15-/m0/s1. The molecular weight excluding hydrogens is 338 g/mol. The lowest BCUT2D eigenvalue weighted by Crippen LogP contribution is -2.34. The molecule has 23 heavy (non-hydrogen) atoms. The monoisotopic (exact) mass is 354 g/mol. The smallest absolute Gasteiger partial charge is 0.252 e. The maximum atomic E-state index is 13.4. The molecule has 0 spiro atoms. The van der Waals surface area contributed by atoms with Gasteiger partial charge in [-0.3, -0.25) is 4.79 Å². The van der Waals surface area contributed by atoms with Crippen molar-refractivity contribution in [2.75, 3.05) is 20.6 Å². The van der Waals surface area contributed by atoms with Gasteiger partial charge in [0, 0.05) is 6.54 Å². The van der Waals surface area contributed by atoms with Crippen LogP contribution in [-0.4, -0.2) is 31.4 Å². The first-order valence-corrected chi connectivity index (χ1v) is 7.80. The van der Waals surface area contributed by atoms with Crippen molar-refractivity contribution in [3.8, 4) is 0 Å². The van der Waals surface area contributed by atoms with Crippen LogP contribution in [0.15, 0.2) is 42.5 Å². The Kier molecular flexibility index (Phi) is 5.99. The van der Waals surface area contributed by atoms with Gasteiger partial charge in [0.05, 0.1) is 21.7 Å². The quantitative estimate of drug-likeness (QED) is 0.873. The Morgan fingerprint density at radius 2 is 1.91 bits per heavy atom. The maximum Gasteiger partial charge on any atom is 0.252 e. The van der Waals surface area contributed by atoms with Crippen LogP contribution in [0.4, 0.5) is 4.39 Å². The zero-order chi connectivity index (χ0) is 17.0. The molecular formula is C17H17Cl2FN2O. The lowest BCUT2D eigenvalue weighted by atomic mass is 10.1. The summed E-state index contributed by atoms with van der Waals surface area (Å²) in [5, 5.41) is 3.37. The lowest BCUT2D eigenvalue weighted by molar-refractivity contribution is 0.0942. The molecule has 2 aromatic carbocycles. The summed E-state index contributed by atoms with van der Waals surface area (Å²) in [6.07, 6.45) is 0. The largest absolute Gasteiger partial charge is 0.350 e. The summed E-state index contributed by atoms with van der Waals surface area (Å²) in [6, 6.07) is 11.1. The van der Waals surface area contributed by atoms with Crippen LogP contribution in [0.25, 0.3) is 0 Å². The van der Waals surface area contributed by atoms with E-state index in [1.807, 2.05) is 25.1 Å². The van der Waals surface area contributed by atoms with Crippen molar-refractivity contribution in [3.05, 3.63) is 69.5 Å². The van der Waals surface area contributed by atoms with E-state index in [0.29, 0.717) is 17.1 Å². The minimum absolute atomic E-state index is 0.160. The molecule has 0 bridgehead atoms. The van der Waals surface area contributed by atoms with Crippen molar-refractivity contribution in [1.82, 2.24) is 10.2 Å². The van der Waals surface area contributed by atoms with Gasteiger partial charge >= 0.3 is 0 Å². The summed E-state index contributed by atoms with van der Waals surface area (Å²) in [7, 11) is 3.74. The van der Waals surface area contributed by atoms with Gasteiger partial charge in [-0.05, 0) is 43.9 Å². The van der Waals surface area contributed by atoms with E-state index in [1.165, 1.54) is 12.1 Å². The topological polar surface area (TPSA) is 32.3 Å². The fourth-order valence-corrected chi connectivity index (χ4v) is 2.66. The highest BCUT2D eigenvalue weighted by molar-refractivity contribution is 6.43. The average Bonchev–Trinajstić information content (AvgIpc) is 2.49. The summed E-state index contributed by atoms with van der Waals surface area (Å²) in [6.45, 7) is 0.318. The minimum Gasteiger partial charge on any atom is -0.350 e. The molecule has 0 saturated carbocycles. The van der Waals surface area contributed by atoms with Gasteiger partial charge in [-0.2, -0.15) is 0 Å². The van der Waals surface area contributed by atoms with Gasteiger partial charge in [0.25, 0.3) is 5.91 Å². The summed E-state index contributed by atoms with van der Waals surface area (Å²) in [4.78, 5) is 14.2. The number of benzene rings is 2. The van der Waals surface area contributed by atoms with Crippen LogP contribution in [0.3, 0.4) is 0 Å². The molecule has 1 atom stereocenters. The number of halogens is 3. The Balaban J connectivity index is 2.13. The van der Waals surface area contributed by atoms with E-state index >= 15 is 0 Å². The molecule has 0 radical (unpaired) electrons. The van der Waals surface area contributed by atoms with Crippen molar-refractivity contribution >= 4 is 29.1 Å². The molecule has 2 rings (SSSR count). The van der Waals surface area contributed by atoms with E-state index < -0.39 is 0 Å². The molecule has 0 unspecified atom stereocenters. The number of hydrogen-bond donors (Lipinski definition) is 1. The van der Waals surface area contributed by atoms with E-state index in [-0.39, 0.29) is 22.8 Å². The Morgan fingerprint density at radius 1 is 1.22 bits per heavy atom. The van der Waals surface area contributed by atoms with E-state index in [1.54, 1.807) is 24.3 Å². The number of carbonyl (C=O) groups excluding carboxylic acids is 1. The highest BCUT2D eigenvalue weighted by Crippen LogP contribution is 2.25. The van der Waals surface area contributed by atoms with Crippen LogP contribution in [-0.2, 0) is 0 Å². The van der Waals surface area contributed by atoms with E-state index in [4.69, 9.17) is 23.2 Å². The number of amides is 1. The number of nitrogens with one attached hydrogen (secondary N) is 1. The Bertz CT molecular complexity index is 707. The van der Waals surface area contributed by atoms with Crippen molar-refractivity contribution in [2.24, 2.45) is 0 Å². The van der Waals surface area contributed by atoms with Crippen molar-refractivity contribution < 1.29 is 9.18 Å². The van der Waals surface area contributed by atoms with Crippen molar-refractivity contribution in [2.45, 2.75) is 6.04 Å². The Hall–Kier alpha value is -1.62. The minimum atomic E-state index is -0.319. The Labute approximate surface area is 145 Å². The fourth-order valence-electron chi connectivity index (χ4n) is 2.28. The summed E-state index contributed by atoms with van der Waals surface area (Å²) in [5.41, 5.74) is 1.10. The second-order valence-electron chi connectivity index (χ2n) is 5.35. The van der Waals surface area contributed by atoms with Crippen LogP contribution in [0, 0.1) is 5.82 Å². The third-order valence-electron chi connectivity index (χ3n) is 3.51. The molecule has 0 aliphatic carbocycles. The molecule has 122 valence electrons. The number of rotatable bonds is 5. The van der Waals surface area contributed by atoms with Gasteiger partial charge in [-0.1, -0.05) is 41.4 Å². The van der Waals surface area contributed by atoms with Crippen LogP contribution >= 0.6 is 23.2 Å². The van der Waals surface area contributed by atoms with Crippen molar-refractivity contribution in [1.29, 1.82) is 0 Å². The molecule has 6 heteroatoms. The number of carbonyl (C=O) groups is 1. The molecule has 2 aromatic rings. The van der Waals surface area contributed by atoms with Gasteiger partial charge < -0.3 is 10.2 Å². The molecule has 0 saturated heterocycles. The molecule has 3 nitrogen and oxygen atoms in total. The fraction of sp³-hybridized carbons (Fsp3) is 0.235. The normalized spacial score (nSPS) is 12.3. The average molecular weight is 355 g/mol. The first-order valence-electron chi connectivity index (χ1n) is 7.04. The van der Waals surface area contributed by atoms with Crippen LogP contribution in [0.2, 0.25) is 10.0 Å². The molecule has 0 aliphatic heterocycles. The first kappa shape index (κ1) is 17.7. The molecule has 1 N–H and O–H groups in total. The van der Waals surface area contributed by atoms with E-state index in [9.17, 15) is 9.18 Å². The maximum absolute atomic E-state index is 13.4. The molecule has 0 fully saturated rings. The van der Waals surface area contributed by atoms with Crippen LogP contribution in [0.5, 0.6) is 0 Å². The summed E-state index contributed by atoms with van der Waals surface area (Å²) < 4.78 is 13.4. The highest BCUT2D eigenvalue weighted by atomic mass is 35.5. The van der Waals surface area contributed by atoms with Crippen LogP contribution in [0.1, 0.15) is 22.0 Å². The Morgan fingerprint density at radius 3 is 2.57 bits per heavy atom. The van der Waals surface area contributed by atoms with E-state index in [0.717, 1.165) is 5.56 Å². The van der Waals surface area contributed by atoms with Gasteiger partial charge in [0.15, 0.2) is 0 Å². The molecule has 0 aliphatic rings. The second-order valence-corrected chi connectivity index (χ2v) is 6.13. The molecule has 1 amide bonds. The van der Waals surface area contributed by atoms with Gasteiger partial charge in [0.2, 0.25) is 0 Å². The van der Waals surface area contributed by atoms with E-state index in [2.05, 4.69) is 5.32 Å². The molecule has 0 aromatic heterocycles. The zero-order valence-electron chi connectivity index (χ0n) is 12.8. The van der Waals surface area contributed by atoms with Crippen molar-refractivity contribution in [3.63, 3.8) is 0 Å². The zero-order valence-corrected chi connectivity index (χ0v) is 14.3. The molecule has 0 heterocycles. The summed E-state index contributed by atoms with van der Waals surface area (Å²) >= 11 is 12.0. The van der Waals surface area contributed by atoms with Gasteiger partial charge in [-0.15, -0.1) is 0 Å². The van der Waals surface area contributed by atoms with Gasteiger partial charge in [-0.25, -0.2) is 4.39 Å². The third kappa shape index (κ3) is 4.44. The second kappa shape index (κ2) is 7.77. The number of nitrogens with zero attached hydrogens (tertiary/aromatic N) is 1.